The van der Waals surface area contributed by atoms with E-state index >= 15 is 0 Å². The summed E-state index contributed by atoms with van der Waals surface area (Å²) in [5.41, 5.74) is 13.0. The molecule has 0 spiro atoms. The van der Waals surface area contributed by atoms with E-state index in [1.165, 1.54) is 0 Å². The van der Waals surface area contributed by atoms with E-state index in [1.54, 1.807) is 20.3 Å². The Labute approximate surface area is 93.7 Å². The quantitative estimate of drug-likeness (QED) is 0.756. The van der Waals surface area contributed by atoms with Gasteiger partial charge in [-0.1, -0.05) is 6.07 Å². The van der Waals surface area contributed by atoms with E-state index < -0.39 is 0 Å². The molecule has 2 rings (SSSR count). The highest BCUT2D eigenvalue weighted by Gasteiger charge is 2.08. The van der Waals surface area contributed by atoms with Gasteiger partial charge in [-0.15, -0.1) is 0 Å². The van der Waals surface area contributed by atoms with Gasteiger partial charge in [0.25, 0.3) is 0 Å². The molecular formula is C12H14N2O2. The summed E-state index contributed by atoms with van der Waals surface area (Å²) in [6.45, 7) is 0. The molecular weight excluding hydrogens is 204 g/mol. The summed E-state index contributed by atoms with van der Waals surface area (Å²) in [5, 5.41) is 1.85. The lowest BCUT2D eigenvalue weighted by atomic mass is 10.1. The van der Waals surface area contributed by atoms with Crippen molar-refractivity contribution in [3.8, 4) is 11.5 Å². The second kappa shape index (κ2) is 3.81. The van der Waals surface area contributed by atoms with Gasteiger partial charge in [0.1, 0.15) is 11.5 Å². The molecule has 0 atom stereocenters. The molecule has 0 saturated carbocycles. The second-order valence-corrected chi connectivity index (χ2v) is 3.50. The van der Waals surface area contributed by atoms with Crippen molar-refractivity contribution in [2.45, 2.75) is 0 Å². The molecule has 2 aromatic rings. The highest BCUT2D eigenvalue weighted by Crippen LogP contribution is 2.35. The van der Waals surface area contributed by atoms with E-state index in [2.05, 4.69) is 0 Å². The zero-order chi connectivity index (χ0) is 11.7. The summed E-state index contributed by atoms with van der Waals surface area (Å²) in [7, 11) is 3.18. The standard InChI is InChI=1S/C12H14N2O2/c1-15-10-4-3-7-5-11(16-2)9(13)6-8(7)12(10)14/h3-6H,13-14H2,1-2H3. The molecule has 2 aromatic carbocycles. The minimum Gasteiger partial charge on any atom is -0.495 e. The number of benzene rings is 2. The maximum Gasteiger partial charge on any atom is 0.142 e. The van der Waals surface area contributed by atoms with E-state index in [-0.39, 0.29) is 0 Å². The molecule has 0 aliphatic rings. The minimum absolute atomic E-state index is 0.565. The van der Waals surface area contributed by atoms with Gasteiger partial charge in [-0.05, 0) is 23.6 Å². The maximum absolute atomic E-state index is 5.97. The summed E-state index contributed by atoms with van der Waals surface area (Å²) in [4.78, 5) is 0. The number of ether oxygens (including phenoxy) is 2. The van der Waals surface area contributed by atoms with Crippen LogP contribution in [0.4, 0.5) is 11.4 Å². The first kappa shape index (κ1) is 10.4. The normalized spacial score (nSPS) is 10.4. The molecule has 0 heterocycles. The van der Waals surface area contributed by atoms with Gasteiger partial charge in [0.15, 0.2) is 0 Å². The third-order valence-corrected chi connectivity index (χ3v) is 2.59. The van der Waals surface area contributed by atoms with Gasteiger partial charge in [0.2, 0.25) is 0 Å². The first-order chi connectivity index (χ1) is 7.67. The number of methoxy groups -OCH3 is 2. The smallest absolute Gasteiger partial charge is 0.142 e. The molecule has 0 unspecified atom stereocenters. The fraction of sp³-hybridized carbons (Fsp3) is 0.167. The Morgan fingerprint density at radius 3 is 2.25 bits per heavy atom. The van der Waals surface area contributed by atoms with Crippen molar-refractivity contribution < 1.29 is 9.47 Å². The van der Waals surface area contributed by atoms with Gasteiger partial charge >= 0.3 is 0 Å². The van der Waals surface area contributed by atoms with Crippen LogP contribution in [0.1, 0.15) is 0 Å². The second-order valence-electron chi connectivity index (χ2n) is 3.50. The van der Waals surface area contributed by atoms with Crippen LogP contribution in [-0.4, -0.2) is 14.2 Å². The lowest BCUT2D eigenvalue weighted by Gasteiger charge is -2.11. The third kappa shape index (κ3) is 1.48. The van der Waals surface area contributed by atoms with Crippen molar-refractivity contribution in [3.05, 3.63) is 24.3 Å². The van der Waals surface area contributed by atoms with E-state index in [4.69, 9.17) is 20.9 Å². The van der Waals surface area contributed by atoms with Crippen molar-refractivity contribution >= 4 is 22.1 Å². The van der Waals surface area contributed by atoms with Crippen LogP contribution < -0.4 is 20.9 Å². The predicted octanol–water partition coefficient (Wildman–Crippen LogP) is 2.02. The van der Waals surface area contributed by atoms with Crippen LogP contribution >= 0.6 is 0 Å². The summed E-state index contributed by atoms with van der Waals surface area (Å²) in [5.74, 6) is 1.30. The molecule has 16 heavy (non-hydrogen) atoms. The van der Waals surface area contributed by atoms with E-state index in [0.29, 0.717) is 22.9 Å². The van der Waals surface area contributed by atoms with E-state index in [0.717, 1.165) is 10.8 Å². The Kier molecular flexibility index (Phi) is 2.48. The lowest BCUT2D eigenvalue weighted by molar-refractivity contribution is 0.416. The topological polar surface area (TPSA) is 70.5 Å². The average molecular weight is 218 g/mol. The summed E-state index contributed by atoms with van der Waals surface area (Å²) >= 11 is 0. The predicted molar refractivity (Wildman–Crippen MR) is 65.9 cm³/mol. The minimum atomic E-state index is 0.565. The number of anilines is 2. The average Bonchev–Trinajstić information content (AvgIpc) is 2.30. The van der Waals surface area contributed by atoms with Crippen molar-refractivity contribution in [2.24, 2.45) is 0 Å². The molecule has 84 valence electrons. The fourth-order valence-corrected chi connectivity index (χ4v) is 1.73. The first-order valence-electron chi connectivity index (χ1n) is 4.87. The number of hydrogen-bond donors (Lipinski definition) is 2. The number of hydrogen-bond acceptors (Lipinski definition) is 4. The molecule has 4 N–H and O–H groups in total. The number of nitrogen functional groups attached to an aromatic ring is 2. The highest BCUT2D eigenvalue weighted by molar-refractivity contribution is 5.99. The van der Waals surface area contributed by atoms with Gasteiger partial charge in [0, 0.05) is 5.39 Å². The molecule has 0 aromatic heterocycles. The van der Waals surface area contributed by atoms with Crippen LogP contribution in [0.3, 0.4) is 0 Å². The van der Waals surface area contributed by atoms with Gasteiger partial charge in [-0.25, -0.2) is 0 Å². The molecule has 0 amide bonds. The number of fused-ring (bicyclic) bond motifs is 1. The Balaban J connectivity index is 2.75. The highest BCUT2D eigenvalue weighted by atomic mass is 16.5. The van der Waals surface area contributed by atoms with Crippen LogP contribution in [0.25, 0.3) is 10.8 Å². The van der Waals surface area contributed by atoms with Crippen LogP contribution in [0.2, 0.25) is 0 Å². The maximum atomic E-state index is 5.97. The SMILES string of the molecule is COc1cc2ccc(OC)c(N)c2cc1N. The zero-order valence-corrected chi connectivity index (χ0v) is 9.28. The number of nitrogens with two attached hydrogens (primary N) is 2. The van der Waals surface area contributed by atoms with Crippen LogP contribution in [-0.2, 0) is 0 Å². The Bertz CT molecular complexity index is 536. The van der Waals surface area contributed by atoms with Gasteiger partial charge in [-0.3, -0.25) is 0 Å². The molecule has 0 aliphatic carbocycles. The summed E-state index contributed by atoms with van der Waals surface area (Å²) in [6, 6.07) is 7.41. The Morgan fingerprint density at radius 2 is 1.62 bits per heavy atom. The molecule has 0 radical (unpaired) electrons. The lowest BCUT2D eigenvalue weighted by Crippen LogP contribution is -1.96. The molecule has 0 bridgehead atoms. The van der Waals surface area contributed by atoms with Gasteiger partial charge in [-0.2, -0.15) is 0 Å². The molecule has 4 nitrogen and oxygen atoms in total. The van der Waals surface area contributed by atoms with Crippen molar-refractivity contribution in [1.82, 2.24) is 0 Å². The number of rotatable bonds is 2. The van der Waals surface area contributed by atoms with Crippen LogP contribution in [0, 0.1) is 0 Å². The third-order valence-electron chi connectivity index (χ3n) is 2.59. The van der Waals surface area contributed by atoms with Crippen molar-refractivity contribution in [3.63, 3.8) is 0 Å². The molecule has 0 fully saturated rings. The van der Waals surface area contributed by atoms with Crippen molar-refractivity contribution in [1.29, 1.82) is 0 Å². The largest absolute Gasteiger partial charge is 0.495 e. The summed E-state index contributed by atoms with van der Waals surface area (Å²) in [6.07, 6.45) is 0. The Morgan fingerprint density at radius 1 is 0.938 bits per heavy atom. The van der Waals surface area contributed by atoms with Gasteiger partial charge in [0.05, 0.1) is 25.6 Å². The monoisotopic (exact) mass is 218 g/mol. The fourth-order valence-electron chi connectivity index (χ4n) is 1.73. The van der Waals surface area contributed by atoms with E-state index in [1.807, 2.05) is 18.2 Å². The Hall–Kier alpha value is -2.10. The van der Waals surface area contributed by atoms with Gasteiger partial charge < -0.3 is 20.9 Å². The van der Waals surface area contributed by atoms with E-state index in [9.17, 15) is 0 Å². The molecule has 4 heteroatoms. The molecule has 0 aliphatic heterocycles. The van der Waals surface area contributed by atoms with Crippen LogP contribution in [0.15, 0.2) is 24.3 Å². The first-order valence-corrected chi connectivity index (χ1v) is 4.87. The van der Waals surface area contributed by atoms with Crippen LogP contribution in [0.5, 0.6) is 11.5 Å². The summed E-state index contributed by atoms with van der Waals surface area (Å²) < 4.78 is 10.3. The molecule has 0 saturated heterocycles. The zero-order valence-electron chi connectivity index (χ0n) is 9.28. The van der Waals surface area contributed by atoms with Crippen molar-refractivity contribution in [2.75, 3.05) is 25.7 Å².